The number of aliphatic hydroxyl groups excluding tert-OH is 1. The van der Waals surface area contributed by atoms with Crippen LogP contribution < -0.4 is 0 Å². The molecule has 0 saturated heterocycles. The lowest BCUT2D eigenvalue weighted by Gasteiger charge is -2.15. The molecule has 0 aromatic rings. The topological polar surface area (TPSA) is 72.8 Å². The van der Waals surface area contributed by atoms with Crippen LogP contribution in [0.4, 0.5) is 0 Å². The fourth-order valence-corrected chi connectivity index (χ4v) is 4.54. The van der Waals surface area contributed by atoms with E-state index in [1.54, 1.807) is 0 Å². The normalized spacial score (nSPS) is 12.9. The van der Waals surface area contributed by atoms with Crippen molar-refractivity contribution in [2.75, 3.05) is 13.2 Å². The second-order valence-corrected chi connectivity index (χ2v) is 11.6. The van der Waals surface area contributed by atoms with E-state index in [2.05, 4.69) is 74.6 Å². The number of unbranched alkanes of at least 4 members (excludes halogenated alkanes) is 13. The van der Waals surface area contributed by atoms with Gasteiger partial charge in [-0.15, -0.1) is 0 Å². The van der Waals surface area contributed by atoms with Gasteiger partial charge < -0.3 is 14.6 Å². The summed E-state index contributed by atoms with van der Waals surface area (Å²) in [6.07, 6.45) is 44.2. The number of carbonyl (C=O) groups excluding carboxylic acids is 2. The van der Waals surface area contributed by atoms with Gasteiger partial charge in [-0.25, -0.2) is 0 Å². The molecular weight excluding hydrogens is 548 g/mol. The summed E-state index contributed by atoms with van der Waals surface area (Å²) < 4.78 is 10.5. The van der Waals surface area contributed by atoms with Crippen LogP contribution in [0.1, 0.15) is 155 Å². The third kappa shape index (κ3) is 32.5. The van der Waals surface area contributed by atoms with Crippen molar-refractivity contribution < 1.29 is 24.2 Å². The van der Waals surface area contributed by atoms with Gasteiger partial charge in [-0.2, -0.15) is 0 Å². The van der Waals surface area contributed by atoms with Crippen LogP contribution in [0.25, 0.3) is 0 Å². The monoisotopic (exact) mass is 614 g/mol. The Bertz CT molecular complexity index is 792. The Morgan fingerprint density at radius 1 is 0.523 bits per heavy atom. The van der Waals surface area contributed by atoms with Crippen molar-refractivity contribution in [3.8, 4) is 0 Å². The third-order valence-corrected chi connectivity index (χ3v) is 7.28. The predicted octanol–water partition coefficient (Wildman–Crippen LogP) is 10.8. The number of ether oxygens (including phenoxy) is 2. The first-order chi connectivity index (χ1) is 21.6. The molecule has 0 heterocycles. The Morgan fingerprint density at radius 3 is 1.50 bits per heavy atom. The molecular formula is C39H66O5. The average molecular weight is 615 g/mol. The van der Waals surface area contributed by atoms with Crippen molar-refractivity contribution in [3.63, 3.8) is 0 Å². The van der Waals surface area contributed by atoms with E-state index in [4.69, 9.17) is 9.47 Å². The van der Waals surface area contributed by atoms with Crippen LogP contribution >= 0.6 is 0 Å². The Kier molecular flexibility index (Phi) is 33.2. The zero-order chi connectivity index (χ0) is 32.2. The highest BCUT2D eigenvalue weighted by molar-refractivity contribution is 5.70. The minimum Gasteiger partial charge on any atom is -0.462 e. The van der Waals surface area contributed by atoms with E-state index in [-0.39, 0.29) is 25.2 Å². The van der Waals surface area contributed by atoms with Crippen LogP contribution in [-0.2, 0) is 19.1 Å². The van der Waals surface area contributed by atoms with Gasteiger partial charge in [0.15, 0.2) is 6.10 Å². The Labute approximate surface area is 271 Å². The van der Waals surface area contributed by atoms with E-state index in [1.165, 1.54) is 70.6 Å². The SMILES string of the molecule is CCCCC/C=C/C/C=C/C/C=C/C/C=C/CCCC(=O)OC[C@H](CO)OC(=O)CCCCCCC/C=C/CCCCCC. The van der Waals surface area contributed by atoms with E-state index < -0.39 is 6.10 Å². The molecule has 0 amide bonds. The van der Waals surface area contributed by atoms with Crippen LogP contribution in [0.15, 0.2) is 60.8 Å². The number of rotatable bonds is 31. The molecule has 0 radical (unpaired) electrons. The van der Waals surface area contributed by atoms with Crippen molar-refractivity contribution in [1.29, 1.82) is 0 Å². The van der Waals surface area contributed by atoms with E-state index in [0.29, 0.717) is 19.3 Å². The molecule has 0 aliphatic carbocycles. The summed E-state index contributed by atoms with van der Waals surface area (Å²) in [5.74, 6) is -0.673. The molecule has 0 unspecified atom stereocenters. The van der Waals surface area contributed by atoms with Gasteiger partial charge in [-0.3, -0.25) is 9.59 Å². The number of hydrogen-bond acceptors (Lipinski definition) is 5. The second-order valence-electron chi connectivity index (χ2n) is 11.6. The molecule has 0 fully saturated rings. The van der Waals surface area contributed by atoms with Crippen LogP contribution in [0.5, 0.6) is 0 Å². The van der Waals surface area contributed by atoms with Crippen LogP contribution in [0, 0.1) is 0 Å². The highest BCUT2D eigenvalue weighted by Crippen LogP contribution is 2.10. The minimum atomic E-state index is -0.797. The molecule has 5 nitrogen and oxygen atoms in total. The summed E-state index contributed by atoms with van der Waals surface area (Å²) in [4.78, 5) is 24.1. The fraction of sp³-hybridized carbons (Fsp3) is 0.692. The van der Waals surface area contributed by atoms with Crippen LogP contribution in [-0.4, -0.2) is 36.4 Å². The first kappa shape index (κ1) is 41.6. The fourth-order valence-electron chi connectivity index (χ4n) is 4.54. The Morgan fingerprint density at radius 2 is 0.932 bits per heavy atom. The molecule has 0 aliphatic rings. The molecule has 44 heavy (non-hydrogen) atoms. The number of allylic oxidation sites excluding steroid dienone is 10. The van der Waals surface area contributed by atoms with E-state index in [0.717, 1.165) is 51.4 Å². The van der Waals surface area contributed by atoms with E-state index in [9.17, 15) is 14.7 Å². The largest absolute Gasteiger partial charge is 0.462 e. The highest BCUT2D eigenvalue weighted by Gasteiger charge is 2.15. The van der Waals surface area contributed by atoms with Crippen molar-refractivity contribution >= 4 is 11.9 Å². The predicted molar refractivity (Wildman–Crippen MR) is 187 cm³/mol. The average Bonchev–Trinajstić information content (AvgIpc) is 3.02. The first-order valence-electron chi connectivity index (χ1n) is 17.8. The molecule has 0 aromatic heterocycles. The molecule has 5 heteroatoms. The van der Waals surface area contributed by atoms with Crippen LogP contribution in [0.2, 0.25) is 0 Å². The number of hydrogen-bond donors (Lipinski definition) is 1. The summed E-state index contributed by atoms with van der Waals surface area (Å²) in [5, 5.41) is 9.51. The van der Waals surface area contributed by atoms with Crippen molar-refractivity contribution in [3.05, 3.63) is 60.8 Å². The number of aliphatic hydroxyl groups is 1. The Balaban J connectivity index is 3.72. The van der Waals surface area contributed by atoms with Crippen molar-refractivity contribution in [1.82, 2.24) is 0 Å². The second kappa shape index (κ2) is 35.1. The van der Waals surface area contributed by atoms with E-state index >= 15 is 0 Å². The van der Waals surface area contributed by atoms with E-state index in [1.807, 2.05) is 0 Å². The molecule has 0 aromatic carbocycles. The zero-order valence-corrected chi connectivity index (χ0v) is 28.4. The van der Waals surface area contributed by atoms with Crippen LogP contribution in [0.3, 0.4) is 0 Å². The first-order valence-corrected chi connectivity index (χ1v) is 17.8. The molecule has 1 atom stereocenters. The number of carbonyl (C=O) groups is 2. The molecule has 1 N–H and O–H groups in total. The quantitative estimate of drug-likeness (QED) is 0.0478. The lowest BCUT2D eigenvalue weighted by molar-refractivity contribution is -0.161. The molecule has 0 rings (SSSR count). The standard InChI is InChI=1S/C39H66O5/c1-3-5-7-9-11-13-15-17-18-19-20-22-23-25-27-29-31-33-38(41)43-36-37(35-40)44-39(42)34-32-30-28-26-24-21-16-14-12-10-8-6-4-2/h11,13-14,16-18,20,22,25,27,37,40H,3-10,12,15,19,21,23-24,26,28-36H2,1-2H3/b13-11+,16-14+,18-17+,22-20+,27-25+/t37-/m0/s1. The van der Waals surface area contributed by atoms with Gasteiger partial charge in [0, 0.05) is 12.8 Å². The maximum Gasteiger partial charge on any atom is 0.306 e. The molecule has 252 valence electrons. The minimum absolute atomic E-state index is 0.0997. The Hall–Kier alpha value is -2.40. The summed E-state index contributed by atoms with van der Waals surface area (Å²) in [7, 11) is 0. The van der Waals surface area contributed by atoms with Crippen molar-refractivity contribution in [2.45, 2.75) is 161 Å². The maximum atomic E-state index is 12.1. The van der Waals surface area contributed by atoms with Gasteiger partial charge in [-0.1, -0.05) is 126 Å². The van der Waals surface area contributed by atoms with Gasteiger partial charge in [-0.05, 0) is 77.0 Å². The summed E-state index contributed by atoms with van der Waals surface area (Å²) in [6.45, 7) is 4.02. The van der Waals surface area contributed by atoms with Gasteiger partial charge in [0.1, 0.15) is 6.61 Å². The highest BCUT2D eigenvalue weighted by atomic mass is 16.6. The maximum absolute atomic E-state index is 12.1. The van der Waals surface area contributed by atoms with Crippen molar-refractivity contribution in [2.24, 2.45) is 0 Å². The zero-order valence-electron chi connectivity index (χ0n) is 28.4. The smallest absolute Gasteiger partial charge is 0.306 e. The summed E-state index contributed by atoms with van der Waals surface area (Å²) in [6, 6.07) is 0. The molecule has 0 spiro atoms. The van der Waals surface area contributed by atoms with Gasteiger partial charge in [0.05, 0.1) is 6.61 Å². The molecule has 0 saturated carbocycles. The lowest BCUT2D eigenvalue weighted by atomic mass is 10.1. The van der Waals surface area contributed by atoms with Gasteiger partial charge in [0.25, 0.3) is 0 Å². The lowest BCUT2D eigenvalue weighted by Crippen LogP contribution is -2.28. The van der Waals surface area contributed by atoms with Gasteiger partial charge >= 0.3 is 11.9 Å². The summed E-state index contributed by atoms with van der Waals surface area (Å²) >= 11 is 0. The molecule has 0 bridgehead atoms. The summed E-state index contributed by atoms with van der Waals surface area (Å²) in [5.41, 5.74) is 0. The van der Waals surface area contributed by atoms with Gasteiger partial charge in [0.2, 0.25) is 0 Å². The third-order valence-electron chi connectivity index (χ3n) is 7.28. The number of esters is 2. The molecule has 0 aliphatic heterocycles.